The third-order valence-corrected chi connectivity index (χ3v) is 4.95. The maximum Gasteiger partial charge on any atom is 0.490 e. The number of hydrogen-bond acceptors (Lipinski definition) is 3. The van der Waals surface area contributed by atoms with Gasteiger partial charge in [-0.05, 0) is 11.6 Å². The summed E-state index contributed by atoms with van der Waals surface area (Å²) in [6, 6.07) is 1.22. The molecule has 0 amide bonds. The summed E-state index contributed by atoms with van der Waals surface area (Å²) in [5.74, 6) is -11.2. The second-order valence-electron chi connectivity index (χ2n) is 7.06. The summed E-state index contributed by atoms with van der Waals surface area (Å²) in [5, 5.41) is 7.12. The molecule has 2 aromatic carbocycles. The lowest BCUT2D eigenvalue weighted by Gasteiger charge is -2.30. The fraction of sp³-hybridized carbons (Fsp3) is 0.263. The molecule has 3 N–H and O–H groups in total. The van der Waals surface area contributed by atoms with E-state index in [4.69, 9.17) is 15.6 Å². The first-order chi connectivity index (χ1) is 15.2. The molecule has 0 saturated heterocycles. The first kappa shape index (κ1) is 24.4. The molecule has 0 bridgehead atoms. The monoisotopic (exact) mass is 485 g/mol. The zero-order chi connectivity index (χ0) is 24.8. The van der Waals surface area contributed by atoms with Gasteiger partial charge >= 0.3 is 12.1 Å². The molecule has 2 heterocycles. The van der Waals surface area contributed by atoms with Crippen molar-refractivity contribution >= 4 is 17.0 Å². The quantitative estimate of drug-likeness (QED) is 0.308. The summed E-state index contributed by atoms with van der Waals surface area (Å²) >= 11 is 0. The fourth-order valence-corrected chi connectivity index (χ4v) is 3.42. The van der Waals surface area contributed by atoms with Crippen molar-refractivity contribution in [2.24, 2.45) is 5.73 Å². The number of fused-ring (bicyclic) bond motifs is 3. The van der Waals surface area contributed by atoms with Gasteiger partial charge in [-0.25, -0.2) is 36.1 Å². The second kappa shape index (κ2) is 8.57. The smallest absolute Gasteiger partial charge is 0.475 e. The standard InChI is InChI=1S/C17H11F6N3.C2HF3O2/c18-8-3-10(20)9(19)1-6(8)7-2-14-25-17-13(26(14)5-12(7)24)4-11(21)15(22)16(17)23;3-2(4,5)1(6)7/h1,3-4,7,12H,2,5,24H2;(H,6,7)/t7-,12+;/m1./s1. The highest BCUT2D eigenvalue weighted by molar-refractivity contribution is 5.77. The van der Waals surface area contributed by atoms with E-state index in [1.165, 1.54) is 4.57 Å². The number of carboxylic acids is 1. The van der Waals surface area contributed by atoms with Crippen molar-refractivity contribution in [2.45, 2.75) is 31.1 Å². The summed E-state index contributed by atoms with van der Waals surface area (Å²) in [6.07, 6.45) is -5.11. The van der Waals surface area contributed by atoms with Gasteiger partial charge < -0.3 is 15.4 Å². The molecule has 14 heteroatoms. The van der Waals surface area contributed by atoms with E-state index in [9.17, 15) is 39.5 Å². The Hall–Kier alpha value is -3.29. The molecule has 33 heavy (non-hydrogen) atoms. The molecule has 4 rings (SSSR count). The molecule has 178 valence electrons. The van der Waals surface area contributed by atoms with Gasteiger partial charge in [-0.15, -0.1) is 0 Å². The topological polar surface area (TPSA) is 81.1 Å². The number of alkyl halides is 3. The van der Waals surface area contributed by atoms with Crippen molar-refractivity contribution in [1.82, 2.24) is 9.55 Å². The fourth-order valence-electron chi connectivity index (χ4n) is 3.42. The van der Waals surface area contributed by atoms with Gasteiger partial charge in [0.2, 0.25) is 0 Å². The number of hydrogen-bond donors (Lipinski definition) is 2. The Morgan fingerprint density at radius 1 is 0.970 bits per heavy atom. The first-order valence-corrected chi connectivity index (χ1v) is 8.95. The largest absolute Gasteiger partial charge is 0.490 e. The average molecular weight is 485 g/mol. The van der Waals surface area contributed by atoms with Gasteiger partial charge in [-0.3, -0.25) is 0 Å². The van der Waals surface area contributed by atoms with Gasteiger partial charge in [0, 0.05) is 37.1 Å². The summed E-state index contributed by atoms with van der Waals surface area (Å²) in [6.45, 7) is -0.000548. The Morgan fingerprint density at radius 2 is 1.55 bits per heavy atom. The second-order valence-corrected chi connectivity index (χ2v) is 7.06. The molecule has 0 saturated carbocycles. The lowest BCUT2D eigenvalue weighted by Crippen LogP contribution is -2.39. The van der Waals surface area contributed by atoms with Crippen molar-refractivity contribution in [3.63, 3.8) is 0 Å². The summed E-state index contributed by atoms with van der Waals surface area (Å²) in [4.78, 5) is 12.9. The lowest BCUT2D eigenvalue weighted by molar-refractivity contribution is -0.192. The average Bonchev–Trinajstić information content (AvgIpc) is 3.06. The number of aliphatic carboxylic acids is 1. The van der Waals surface area contributed by atoms with Crippen LogP contribution in [-0.2, 0) is 17.8 Å². The zero-order valence-corrected chi connectivity index (χ0v) is 16.0. The molecule has 5 nitrogen and oxygen atoms in total. The van der Waals surface area contributed by atoms with Gasteiger partial charge in [-0.1, -0.05) is 0 Å². The molecule has 0 spiro atoms. The normalized spacial score (nSPS) is 18.0. The van der Waals surface area contributed by atoms with Crippen molar-refractivity contribution in [3.05, 3.63) is 64.5 Å². The van der Waals surface area contributed by atoms with Gasteiger partial charge in [0.25, 0.3) is 0 Å². The number of rotatable bonds is 1. The highest BCUT2D eigenvalue weighted by Crippen LogP contribution is 2.34. The van der Waals surface area contributed by atoms with E-state index in [-0.39, 0.29) is 35.4 Å². The van der Waals surface area contributed by atoms with Crippen LogP contribution < -0.4 is 5.73 Å². The van der Waals surface area contributed by atoms with Crippen molar-refractivity contribution < 1.29 is 49.4 Å². The van der Waals surface area contributed by atoms with Crippen LogP contribution >= 0.6 is 0 Å². The van der Waals surface area contributed by atoms with E-state index in [1.54, 1.807) is 0 Å². The molecule has 0 aliphatic carbocycles. The minimum Gasteiger partial charge on any atom is -0.475 e. The number of nitrogens with two attached hydrogens (primary N) is 1. The third-order valence-electron chi connectivity index (χ3n) is 4.95. The minimum atomic E-state index is -5.08. The number of carboxylic acid groups (broad SMARTS) is 1. The maximum atomic E-state index is 14.1. The number of carbonyl (C=O) groups is 1. The summed E-state index contributed by atoms with van der Waals surface area (Å²) < 4.78 is 115. The van der Waals surface area contributed by atoms with Gasteiger partial charge in [-0.2, -0.15) is 13.2 Å². The Labute approximate surface area is 178 Å². The molecule has 0 unspecified atom stereocenters. The number of benzene rings is 2. The molecule has 1 aliphatic heterocycles. The van der Waals surface area contributed by atoms with Crippen LogP contribution in [0.4, 0.5) is 39.5 Å². The highest BCUT2D eigenvalue weighted by atomic mass is 19.4. The van der Waals surface area contributed by atoms with Crippen LogP contribution in [-0.4, -0.2) is 32.8 Å². The van der Waals surface area contributed by atoms with Crippen molar-refractivity contribution in [1.29, 1.82) is 0 Å². The third kappa shape index (κ3) is 4.60. The van der Waals surface area contributed by atoms with E-state index < -0.39 is 59.0 Å². The van der Waals surface area contributed by atoms with Crippen LogP contribution in [0.5, 0.6) is 0 Å². The number of imidazole rings is 1. The van der Waals surface area contributed by atoms with Crippen LogP contribution in [0.25, 0.3) is 11.0 Å². The van der Waals surface area contributed by atoms with Crippen LogP contribution in [0.3, 0.4) is 0 Å². The molecule has 1 aliphatic rings. The molecule has 0 fully saturated rings. The predicted octanol–water partition coefficient (Wildman–Crippen LogP) is 4.17. The van der Waals surface area contributed by atoms with Gasteiger partial charge in [0.15, 0.2) is 29.1 Å². The van der Waals surface area contributed by atoms with E-state index in [2.05, 4.69) is 4.98 Å². The molecular formula is C19H12F9N3O2. The summed E-state index contributed by atoms with van der Waals surface area (Å²) in [5.41, 5.74) is 5.57. The van der Waals surface area contributed by atoms with Crippen LogP contribution in [0.15, 0.2) is 18.2 Å². The van der Waals surface area contributed by atoms with Crippen LogP contribution in [0.2, 0.25) is 0 Å². The highest BCUT2D eigenvalue weighted by Gasteiger charge is 2.38. The first-order valence-electron chi connectivity index (χ1n) is 8.95. The lowest BCUT2D eigenvalue weighted by atomic mass is 9.86. The SMILES string of the molecule is N[C@H]1Cn2c(nc3c(F)c(F)c(F)cc32)C[C@@H]1c1cc(F)c(F)cc1F.O=C(O)C(F)(F)F. The maximum absolute atomic E-state index is 14.1. The summed E-state index contributed by atoms with van der Waals surface area (Å²) in [7, 11) is 0. The Balaban J connectivity index is 0.000000383. The predicted molar refractivity (Wildman–Crippen MR) is 94.0 cm³/mol. The van der Waals surface area contributed by atoms with E-state index >= 15 is 0 Å². The van der Waals surface area contributed by atoms with Crippen molar-refractivity contribution in [2.75, 3.05) is 0 Å². The van der Waals surface area contributed by atoms with Gasteiger partial charge in [0.05, 0.1) is 5.52 Å². The Morgan fingerprint density at radius 3 is 2.12 bits per heavy atom. The number of halogens is 9. The van der Waals surface area contributed by atoms with Crippen molar-refractivity contribution in [3.8, 4) is 0 Å². The molecular weight excluding hydrogens is 473 g/mol. The van der Waals surface area contributed by atoms with E-state index in [0.29, 0.717) is 6.07 Å². The number of aromatic nitrogens is 2. The van der Waals surface area contributed by atoms with E-state index in [1.807, 2.05) is 0 Å². The minimum absolute atomic E-state index is 0.000548. The Kier molecular flexibility index (Phi) is 6.33. The van der Waals surface area contributed by atoms with Crippen LogP contribution in [0, 0.1) is 34.9 Å². The van der Waals surface area contributed by atoms with Crippen LogP contribution in [0.1, 0.15) is 17.3 Å². The number of nitrogens with zero attached hydrogens (tertiary/aromatic N) is 2. The van der Waals surface area contributed by atoms with Gasteiger partial charge in [0.1, 0.15) is 17.2 Å². The van der Waals surface area contributed by atoms with E-state index in [0.717, 1.165) is 12.1 Å². The molecule has 3 aromatic rings. The molecule has 0 radical (unpaired) electrons. The molecule has 2 atom stereocenters. The zero-order valence-electron chi connectivity index (χ0n) is 16.0. The molecule has 1 aromatic heterocycles. The Bertz CT molecular complexity index is 1240.